The summed E-state index contributed by atoms with van der Waals surface area (Å²) in [6, 6.07) is 8.32. The number of hydrogen-bond acceptors (Lipinski definition) is 6. The third-order valence-electron chi connectivity index (χ3n) is 7.99. The Hall–Kier alpha value is -1.18. The predicted octanol–water partition coefficient (Wildman–Crippen LogP) is 4.75. The van der Waals surface area contributed by atoms with Gasteiger partial charge in [-0.05, 0) is 57.7 Å². The summed E-state index contributed by atoms with van der Waals surface area (Å²) < 4.78 is 23.7. The quantitative estimate of drug-likeness (QED) is 0.509. The van der Waals surface area contributed by atoms with Crippen LogP contribution in [-0.4, -0.2) is 60.6 Å². The number of benzene rings is 1. The molecule has 1 aromatic carbocycles. The molecule has 0 aromatic heterocycles. The Kier molecular flexibility index (Phi) is 6.91. The van der Waals surface area contributed by atoms with Crippen molar-refractivity contribution in [2.45, 2.75) is 96.3 Å². The lowest BCUT2D eigenvalue weighted by molar-refractivity contribution is -0.367. The van der Waals surface area contributed by atoms with E-state index >= 15 is 0 Å². The van der Waals surface area contributed by atoms with Gasteiger partial charge < -0.3 is 18.9 Å². The van der Waals surface area contributed by atoms with E-state index in [1.165, 1.54) is 5.56 Å². The average molecular weight is 448 g/mol. The summed E-state index contributed by atoms with van der Waals surface area (Å²) in [4.78, 5) is 6.59. The van der Waals surface area contributed by atoms with Crippen LogP contribution in [0.4, 0.5) is 0 Å². The van der Waals surface area contributed by atoms with Crippen molar-refractivity contribution < 1.29 is 23.8 Å². The topological polar surface area (TPSA) is 52.7 Å². The molecule has 6 nitrogen and oxygen atoms in total. The molecular formula is C26H41NO5. The van der Waals surface area contributed by atoms with Gasteiger partial charge in [-0.2, -0.15) is 5.06 Å². The van der Waals surface area contributed by atoms with Gasteiger partial charge in [0.15, 0.2) is 5.79 Å². The van der Waals surface area contributed by atoms with Crippen LogP contribution in [0, 0.1) is 5.92 Å². The number of rotatable bonds is 9. The third-order valence-corrected chi connectivity index (χ3v) is 7.99. The van der Waals surface area contributed by atoms with Gasteiger partial charge in [0.05, 0.1) is 31.5 Å². The molecule has 3 saturated heterocycles. The Bertz CT molecular complexity index is 768. The van der Waals surface area contributed by atoms with E-state index in [1.807, 2.05) is 12.1 Å². The molecule has 6 heteroatoms. The van der Waals surface area contributed by atoms with Crippen molar-refractivity contribution in [3.63, 3.8) is 0 Å². The summed E-state index contributed by atoms with van der Waals surface area (Å²) in [6.07, 6.45) is 4.01. The van der Waals surface area contributed by atoms with E-state index in [9.17, 15) is 0 Å². The maximum absolute atomic E-state index is 6.59. The summed E-state index contributed by atoms with van der Waals surface area (Å²) in [5, 5.41) is 2.29. The molecule has 6 atom stereocenters. The van der Waals surface area contributed by atoms with Crippen molar-refractivity contribution in [3.8, 4) is 5.75 Å². The molecule has 32 heavy (non-hydrogen) atoms. The molecule has 0 amide bonds. The molecule has 3 heterocycles. The van der Waals surface area contributed by atoms with E-state index in [2.05, 4.69) is 58.7 Å². The van der Waals surface area contributed by atoms with Gasteiger partial charge >= 0.3 is 0 Å². The van der Waals surface area contributed by atoms with Crippen molar-refractivity contribution >= 4 is 0 Å². The first-order chi connectivity index (χ1) is 15.2. The van der Waals surface area contributed by atoms with Gasteiger partial charge in [0.2, 0.25) is 0 Å². The van der Waals surface area contributed by atoms with Crippen LogP contribution < -0.4 is 4.74 Å². The van der Waals surface area contributed by atoms with Crippen LogP contribution in [0.1, 0.15) is 66.4 Å². The van der Waals surface area contributed by atoms with Gasteiger partial charge in [-0.1, -0.05) is 32.9 Å². The van der Waals surface area contributed by atoms with Crippen LogP contribution >= 0.6 is 0 Å². The van der Waals surface area contributed by atoms with Crippen molar-refractivity contribution in [1.82, 2.24) is 5.06 Å². The van der Waals surface area contributed by atoms with Gasteiger partial charge in [0.1, 0.15) is 18.5 Å². The normalized spacial score (nSPS) is 39.5. The lowest BCUT2D eigenvalue weighted by Gasteiger charge is -2.61. The minimum absolute atomic E-state index is 0.135. The highest BCUT2D eigenvalue weighted by Crippen LogP contribution is 2.54. The highest BCUT2D eigenvalue weighted by Gasteiger charge is 2.63. The summed E-state index contributed by atoms with van der Waals surface area (Å²) in [6.45, 7) is 16.2. The number of epoxide rings is 1. The minimum Gasteiger partial charge on any atom is -0.491 e. The molecule has 3 aliphatic heterocycles. The van der Waals surface area contributed by atoms with Crippen LogP contribution in [0.15, 0.2) is 24.3 Å². The molecule has 0 radical (unpaired) electrons. The first kappa shape index (κ1) is 24.0. The van der Waals surface area contributed by atoms with Crippen molar-refractivity contribution in [3.05, 3.63) is 29.8 Å². The molecule has 180 valence electrons. The number of hydroxylamine groups is 2. The van der Waals surface area contributed by atoms with Crippen molar-refractivity contribution in [1.29, 1.82) is 0 Å². The molecular weight excluding hydrogens is 406 g/mol. The molecule has 0 saturated carbocycles. The summed E-state index contributed by atoms with van der Waals surface area (Å²) in [5.74, 6) is 0.551. The third kappa shape index (κ3) is 4.58. The zero-order valence-corrected chi connectivity index (χ0v) is 20.7. The second-order valence-corrected chi connectivity index (χ2v) is 10.3. The maximum Gasteiger partial charge on any atom is 0.175 e. The van der Waals surface area contributed by atoms with Gasteiger partial charge in [0.25, 0.3) is 0 Å². The van der Waals surface area contributed by atoms with Gasteiger partial charge in [0, 0.05) is 17.9 Å². The van der Waals surface area contributed by atoms with E-state index < -0.39 is 5.79 Å². The second-order valence-electron chi connectivity index (χ2n) is 10.3. The van der Waals surface area contributed by atoms with Crippen molar-refractivity contribution in [2.75, 3.05) is 26.4 Å². The maximum atomic E-state index is 6.59. The fourth-order valence-electron chi connectivity index (χ4n) is 5.39. The average Bonchev–Trinajstić information content (AvgIpc) is 3.55. The van der Waals surface area contributed by atoms with Crippen LogP contribution in [0.25, 0.3) is 0 Å². The molecule has 3 fully saturated rings. The molecule has 4 rings (SSSR count). The van der Waals surface area contributed by atoms with E-state index in [0.29, 0.717) is 19.8 Å². The van der Waals surface area contributed by atoms with Crippen LogP contribution in [-0.2, 0) is 25.5 Å². The van der Waals surface area contributed by atoms with Crippen LogP contribution in [0.2, 0.25) is 0 Å². The van der Waals surface area contributed by atoms with Crippen molar-refractivity contribution in [2.24, 2.45) is 5.92 Å². The number of piperidine rings is 1. The first-order valence-electron chi connectivity index (χ1n) is 12.3. The first-order valence-corrected chi connectivity index (χ1v) is 12.3. The SMILES string of the molecule is CCC1(C)CC2(OCC(C)O2)C(C)C(C)(CC)N1OCCc1ccc(OCC2CO2)cc1. The highest BCUT2D eigenvalue weighted by atomic mass is 16.8. The van der Waals surface area contributed by atoms with Gasteiger partial charge in [-0.15, -0.1) is 0 Å². The molecule has 3 aliphatic rings. The van der Waals surface area contributed by atoms with Gasteiger partial charge in [-0.3, -0.25) is 4.84 Å². The second kappa shape index (κ2) is 9.22. The number of hydrogen-bond donors (Lipinski definition) is 0. The van der Waals surface area contributed by atoms with Crippen LogP contribution in [0.5, 0.6) is 5.75 Å². The lowest BCUT2D eigenvalue weighted by Crippen LogP contribution is -2.71. The Morgan fingerprint density at radius 3 is 2.34 bits per heavy atom. The Labute approximate surface area is 193 Å². The molecule has 1 aromatic rings. The van der Waals surface area contributed by atoms with E-state index in [4.69, 9.17) is 23.8 Å². The molecule has 0 aliphatic carbocycles. The fraction of sp³-hybridized carbons (Fsp3) is 0.769. The monoisotopic (exact) mass is 447 g/mol. The summed E-state index contributed by atoms with van der Waals surface area (Å²) >= 11 is 0. The minimum atomic E-state index is -0.532. The largest absolute Gasteiger partial charge is 0.491 e. The standard InChI is InChI=1S/C26H41NO5/c1-7-24(5)18-26(30-15-19(3)32-26)20(4)25(6,8-2)27(24)31-14-13-21-9-11-22(12-10-21)28-16-23-17-29-23/h9-12,19-20,23H,7-8,13-18H2,1-6H3. The van der Waals surface area contributed by atoms with E-state index in [1.54, 1.807) is 0 Å². The molecule has 1 spiro atoms. The molecule has 0 N–H and O–H groups in total. The lowest BCUT2D eigenvalue weighted by atomic mass is 9.67. The number of ether oxygens (including phenoxy) is 4. The zero-order chi connectivity index (χ0) is 23.0. The summed E-state index contributed by atoms with van der Waals surface area (Å²) in [7, 11) is 0. The smallest absolute Gasteiger partial charge is 0.175 e. The Morgan fingerprint density at radius 2 is 1.78 bits per heavy atom. The van der Waals surface area contributed by atoms with Crippen LogP contribution in [0.3, 0.4) is 0 Å². The van der Waals surface area contributed by atoms with Gasteiger partial charge in [-0.25, -0.2) is 0 Å². The molecule has 6 unspecified atom stereocenters. The highest BCUT2D eigenvalue weighted by molar-refractivity contribution is 5.27. The Morgan fingerprint density at radius 1 is 1.06 bits per heavy atom. The number of nitrogens with zero attached hydrogens (tertiary/aromatic N) is 1. The van der Waals surface area contributed by atoms with E-state index in [0.717, 1.165) is 38.0 Å². The Balaban J connectivity index is 1.42. The zero-order valence-electron chi connectivity index (χ0n) is 20.7. The predicted molar refractivity (Wildman–Crippen MR) is 124 cm³/mol. The summed E-state index contributed by atoms with van der Waals surface area (Å²) in [5.41, 5.74) is 0.897. The molecule has 0 bridgehead atoms. The fourth-order valence-corrected chi connectivity index (χ4v) is 5.39. The van der Waals surface area contributed by atoms with E-state index in [-0.39, 0.29) is 29.2 Å².